The molecule has 0 N–H and O–H groups in total. The molecule has 2 aromatic rings. The van der Waals surface area contributed by atoms with Gasteiger partial charge in [-0.3, -0.25) is 4.90 Å². The Morgan fingerprint density at radius 2 is 1.68 bits per heavy atom. The maximum atomic E-state index is 12.6. The zero-order chi connectivity index (χ0) is 24.9. The topological polar surface area (TPSA) is 85.4 Å². The molecule has 1 heterocycles. The van der Waals surface area contributed by atoms with Crippen LogP contribution in [-0.2, 0) is 14.9 Å². The molecule has 1 amide bonds. The first kappa shape index (κ1) is 26.1. The summed E-state index contributed by atoms with van der Waals surface area (Å²) >= 11 is 6.02. The number of amides is 1. The summed E-state index contributed by atoms with van der Waals surface area (Å²) in [5.41, 5.74) is 0.290. The summed E-state index contributed by atoms with van der Waals surface area (Å²) in [7, 11) is -4.08. The lowest BCUT2D eigenvalue weighted by atomic mass is 10.2. The Kier molecular flexibility index (Phi) is 8.33. The van der Waals surface area contributed by atoms with Crippen LogP contribution in [0.2, 0.25) is 5.02 Å². The van der Waals surface area contributed by atoms with Crippen LogP contribution in [0.25, 0.3) is 0 Å². The summed E-state index contributed by atoms with van der Waals surface area (Å²) in [4.78, 5) is 16.0. The standard InChI is InChI=1S/C24H31ClN2O6S/c1-18-15-19(17-20(16-18)33-34(29,30)22-8-6-5-7-21(22)25)31-14-13-26-9-11-27(12-10-26)23(28)32-24(2,3)4/h5-8,15-17H,9-14H2,1-4H3. The minimum absolute atomic E-state index is 0.0915. The summed E-state index contributed by atoms with van der Waals surface area (Å²) in [5.74, 6) is 0.664. The van der Waals surface area contributed by atoms with Crippen LogP contribution >= 0.6 is 11.6 Å². The molecule has 3 rings (SSSR count). The number of piperazine rings is 1. The summed E-state index contributed by atoms with van der Waals surface area (Å²) in [5, 5.41) is 0.0957. The molecule has 1 fully saturated rings. The highest BCUT2D eigenvalue weighted by Crippen LogP contribution is 2.28. The van der Waals surface area contributed by atoms with Gasteiger partial charge in [-0.05, 0) is 57.5 Å². The highest BCUT2D eigenvalue weighted by atomic mass is 35.5. The first-order valence-electron chi connectivity index (χ1n) is 11.1. The fraction of sp³-hybridized carbons (Fsp3) is 0.458. The summed E-state index contributed by atoms with van der Waals surface area (Å²) in [6.45, 7) is 11.1. The molecule has 0 aromatic heterocycles. The second-order valence-corrected chi connectivity index (χ2v) is 11.0. The quantitative estimate of drug-likeness (QED) is 0.512. The Labute approximate surface area is 206 Å². The number of aryl methyl sites for hydroxylation is 1. The van der Waals surface area contributed by atoms with Crippen molar-refractivity contribution < 1.29 is 26.9 Å². The Morgan fingerprint density at radius 3 is 2.32 bits per heavy atom. The van der Waals surface area contributed by atoms with E-state index < -0.39 is 15.7 Å². The second kappa shape index (κ2) is 10.8. The van der Waals surface area contributed by atoms with Crippen molar-refractivity contribution in [2.45, 2.75) is 38.2 Å². The maximum Gasteiger partial charge on any atom is 0.410 e. The molecule has 2 aromatic carbocycles. The van der Waals surface area contributed by atoms with Crippen LogP contribution in [-0.4, -0.2) is 69.2 Å². The number of hydrogen-bond acceptors (Lipinski definition) is 7. The van der Waals surface area contributed by atoms with E-state index >= 15 is 0 Å². The second-order valence-electron chi connectivity index (χ2n) is 9.11. The molecule has 0 saturated carbocycles. The van der Waals surface area contributed by atoms with E-state index in [1.54, 1.807) is 29.2 Å². The molecule has 0 unspecified atom stereocenters. The summed E-state index contributed by atoms with van der Waals surface area (Å²) in [6, 6.07) is 11.1. The van der Waals surface area contributed by atoms with Gasteiger partial charge in [0.15, 0.2) is 0 Å². The van der Waals surface area contributed by atoms with Crippen molar-refractivity contribution in [3.8, 4) is 11.5 Å². The SMILES string of the molecule is Cc1cc(OCCN2CCN(C(=O)OC(C)(C)C)CC2)cc(OS(=O)(=O)c2ccccc2Cl)c1. The normalized spacial score (nSPS) is 15.1. The highest BCUT2D eigenvalue weighted by molar-refractivity contribution is 7.87. The molecule has 1 saturated heterocycles. The number of hydrogen-bond donors (Lipinski definition) is 0. The van der Waals surface area contributed by atoms with E-state index in [9.17, 15) is 13.2 Å². The van der Waals surface area contributed by atoms with Gasteiger partial charge in [0.05, 0.1) is 5.02 Å². The van der Waals surface area contributed by atoms with Gasteiger partial charge < -0.3 is 18.6 Å². The zero-order valence-corrected chi connectivity index (χ0v) is 21.5. The van der Waals surface area contributed by atoms with Crippen molar-refractivity contribution in [3.05, 3.63) is 53.1 Å². The maximum absolute atomic E-state index is 12.6. The van der Waals surface area contributed by atoms with Gasteiger partial charge in [0.1, 0.15) is 28.6 Å². The van der Waals surface area contributed by atoms with Gasteiger partial charge in [-0.2, -0.15) is 8.42 Å². The van der Waals surface area contributed by atoms with Crippen molar-refractivity contribution in [1.82, 2.24) is 9.80 Å². The number of ether oxygens (including phenoxy) is 2. The fourth-order valence-corrected chi connectivity index (χ4v) is 4.85. The third-order valence-corrected chi connectivity index (χ3v) is 6.78. The highest BCUT2D eigenvalue weighted by Gasteiger charge is 2.26. The van der Waals surface area contributed by atoms with Crippen LogP contribution in [0.15, 0.2) is 47.4 Å². The molecule has 0 bridgehead atoms. The molecule has 1 aliphatic rings. The molecular weight excluding hydrogens is 480 g/mol. The largest absolute Gasteiger partial charge is 0.492 e. The van der Waals surface area contributed by atoms with E-state index in [0.29, 0.717) is 32.0 Å². The van der Waals surface area contributed by atoms with Crippen molar-refractivity contribution in [1.29, 1.82) is 0 Å². The number of carbonyl (C=O) groups excluding carboxylic acids is 1. The molecule has 1 aliphatic heterocycles. The van der Waals surface area contributed by atoms with Gasteiger partial charge in [-0.1, -0.05) is 23.7 Å². The monoisotopic (exact) mass is 510 g/mol. The fourth-order valence-electron chi connectivity index (χ4n) is 3.44. The summed E-state index contributed by atoms with van der Waals surface area (Å²) < 4.78 is 41.8. The Balaban J connectivity index is 1.52. The molecule has 10 heteroatoms. The van der Waals surface area contributed by atoms with Gasteiger partial charge in [-0.25, -0.2) is 4.79 Å². The van der Waals surface area contributed by atoms with E-state index in [1.165, 1.54) is 12.1 Å². The average Bonchev–Trinajstić information content (AvgIpc) is 2.72. The van der Waals surface area contributed by atoms with E-state index in [2.05, 4.69) is 4.90 Å². The number of benzene rings is 2. The van der Waals surface area contributed by atoms with Crippen LogP contribution < -0.4 is 8.92 Å². The van der Waals surface area contributed by atoms with Crippen molar-refractivity contribution in [2.75, 3.05) is 39.3 Å². The van der Waals surface area contributed by atoms with Gasteiger partial charge in [0.2, 0.25) is 0 Å². The zero-order valence-electron chi connectivity index (χ0n) is 19.9. The van der Waals surface area contributed by atoms with Gasteiger partial charge >= 0.3 is 16.2 Å². The van der Waals surface area contributed by atoms with Crippen molar-refractivity contribution in [3.63, 3.8) is 0 Å². The minimum atomic E-state index is -4.08. The van der Waals surface area contributed by atoms with E-state index in [4.69, 9.17) is 25.3 Å². The minimum Gasteiger partial charge on any atom is -0.492 e. The van der Waals surface area contributed by atoms with Crippen LogP contribution in [0.4, 0.5) is 4.79 Å². The molecule has 186 valence electrons. The average molecular weight is 511 g/mol. The predicted octanol–water partition coefficient (Wildman–Crippen LogP) is 4.35. The van der Waals surface area contributed by atoms with Gasteiger partial charge in [0, 0.05) is 38.8 Å². The molecule has 0 radical (unpaired) electrons. The number of rotatable bonds is 7. The molecule has 8 nitrogen and oxygen atoms in total. The Hall–Kier alpha value is -2.49. The van der Waals surface area contributed by atoms with Crippen LogP contribution in [0.3, 0.4) is 0 Å². The Morgan fingerprint density at radius 1 is 1.03 bits per heavy atom. The predicted molar refractivity (Wildman–Crippen MR) is 130 cm³/mol. The Bertz CT molecular complexity index is 1110. The molecule has 0 aliphatic carbocycles. The lowest BCUT2D eigenvalue weighted by Crippen LogP contribution is -2.50. The van der Waals surface area contributed by atoms with Gasteiger partial charge in [0.25, 0.3) is 0 Å². The molecule has 0 spiro atoms. The lowest BCUT2D eigenvalue weighted by Gasteiger charge is -2.35. The van der Waals surface area contributed by atoms with Crippen molar-refractivity contribution >= 4 is 27.8 Å². The lowest BCUT2D eigenvalue weighted by molar-refractivity contribution is 0.0137. The van der Waals surface area contributed by atoms with E-state index in [-0.39, 0.29) is 21.8 Å². The smallest absolute Gasteiger partial charge is 0.410 e. The summed E-state index contributed by atoms with van der Waals surface area (Å²) in [6.07, 6.45) is -0.289. The number of halogens is 1. The van der Waals surface area contributed by atoms with E-state index in [1.807, 2.05) is 33.8 Å². The van der Waals surface area contributed by atoms with Gasteiger partial charge in [-0.15, -0.1) is 0 Å². The third kappa shape index (κ3) is 7.51. The number of carbonyl (C=O) groups is 1. The third-order valence-electron chi connectivity index (χ3n) is 5.04. The first-order chi connectivity index (χ1) is 15.9. The number of nitrogens with zero attached hydrogens (tertiary/aromatic N) is 2. The van der Waals surface area contributed by atoms with Crippen LogP contribution in [0, 0.1) is 6.92 Å². The van der Waals surface area contributed by atoms with E-state index in [0.717, 1.165) is 18.7 Å². The molecule has 0 atom stereocenters. The van der Waals surface area contributed by atoms with Crippen molar-refractivity contribution in [2.24, 2.45) is 0 Å². The van der Waals surface area contributed by atoms with Crippen LogP contribution in [0.1, 0.15) is 26.3 Å². The van der Waals surface area contributed by atoms with Crippen LogP contribution in [0.5, 0.6) is 11.5 Å². The first-order valence-corrected chi connectivity index (χ1v) is 12.9. The molecule has 34 heavy (non-hydrogen) atoms. The molecular formula is C24H31ClN2O6S.